The molecule has 1 saturated heterocycles. The zero-order chi connectivity index (χ0) is 19.1. The molecule has 2 aromatic rings. The van der Waals surface area contributed by atoms with Gasteiger partial charge in [0, 0.05) is 22.0 Å². The maximum atomic E-state index is 12.0. The zero-order valence-corrected chi connectivity index (χ0v) is 16.1. The van der Waals surface area contributed by atoms with Crippen LogP contribution in [0.15, 0.2) is 48.5 Å². The number of carboxylic acid groups (broad SMARTS) is 1. The van der Waals surface area contributed by atoms with Crippen LogP contribution in [0, 0.1) is 5.92 Å². The van der Waals surface area contributed by atoms with Crippen LogP contribution in [0.25, 0.3) is 0 Å². The topological polar surface area (TPSA) is 75.3 Å². The average Bonchev–Trinajstić information content (AvgIpc) is 2.90. The van der Waals surface area contributed by atoms with Gasteiger partial charge in [-0.05, 0) is 41.3 Å². The number of halogens is 2. The van der Waals surface area contributed by atoms with Crippen molar-refractivity contribution in [1.82, 2.24) is 5.32 Å². The molecule has 0 aromatic heterocycles. The normalized spacial score (nSPS) is 28.5. The molecule has 0 amide bonds. The highest BCUT2D eigenvalue weighted by molar-refractivity contribution is 6.30. The van der Waals surface area contributed by atoms with Gasteiger partial charge in [-0.1, -0.05) is 61.3 Å². The first-order valence-electron chi connectivity index (χ1n) is 8.54. The summed E-state index contributed by atoms with van der Waals surface area (Å²) in [5.41, 5.74) is 7.75. The third kappa shape index (κ3) is 3.23. The van der Waals surface area contributed by atoms with Crippen molar-refractivity contribution < 1.29 is 9.90 Å². The Labute approximate surface area is 163 Å². The SMILES string of the molecule is CC(C)C1NC(C(=O)O)C(c2cccc(Cl)c2)C1(N)c1ccc(Cl)cc1. The van der Waals surface area contributed by atoms with Crippen molar-refractivity contribution in [3.8, 4) is 0 Å². The van der Waals surface area contributed by atoms with Crippen LogP contribution >= 0.6 is 23.2 Å². The molecule has 4 nitrogen and oxygen atoms in total. The Kier molecular flexibility index (Phi) is 5.31. The van der Waals surface area contributed by atoms with Gasteiger partial charge in [-0.2, -0.15) is 0 Å². The van der Waals surface area contributed by atoms with Gasteiger partial charge in [0.15, 0.2) is 0 Å². The van der Waals surface area contributed by atoms with Crippen LogP contribution in [0.2, 0.25) is 10.0 Å². The predicted octanol–water partition coefficient (Wildman–Crippen LogP) is 4.01. The van der Waals surface area contributed by atoms with Gasteiger partial charge in [-0.25, -0.2) is 0 Å². The Hall–Kier alpha value is -1.59. The summed E-state index contributed by atoms with van der Waals surface area (Å²) in [6.07, 6.45) is 0. The monoisotopic (exact) mass is 392 g/mol. The summed E-state index contributed by atoms with van der Waals surface area (Å²) in [5, 5.41) is 14.3. The van der Waals surface area contributed by atoms with E-state index < -0.39 is 23.5 Å². The Balaban J connectivity index is 2.22. The molecule has 0 spiro atoms. The van der Waals surface area contributed by atoms with Crippen molar-refractivity contribution in [3.63, 3.8) is 0 Å². The van der Waals surface area contributed by atoms with Gasteiger partial charge in [-0.15, -0.1) is 0 Å². The van der Waals surface area contributed by atoms with Crippen LogP contribution in [0.3, 0.4) is 0 Å². The molecule has 1 heterocycles. The molecule has 26 heavy (non-hydrogen) atoms. The van der Waals surface area contributed by atoms with Crippen LogP contribution in [-0.2, 0) is 10.3 Å². The highest BCUT2D eigenvalue weighted by atomic mass is 35.5. The lowest BCUT2D eigenvalue weighted by Gasteiger charge is -2.39. The predicted molar refractivity (Wildman–Crippen MR) is 105 cm³/mol. The van der Waals surface area contributed by atoms with E-state index >= 15 is 0 Å². The standard InChI is InChI=1S/C20H22Cl2N2O2/c1-11(2)18-20(23,13-6-8-14(21)9-7-13)16(17(24-18)19(25)26)12-4-3-5-15(22)10-12/h3-11,16-18,24H,23H2,1-2H3,(H,25,26). The van der Waals surface area contributed by atoms with Crippen molar-refractivity contribution in [2.75, 3.05) is 0 Å². The highest BCUT2D eigenvalue weighted by Crippen LogP contribution is 2.47. The fourth-order valence-corrected chi connectivity index (χ4v) is 4.45. The zero-order valence-electron chi connectivity index (χ0n) is 14.6. The number of nitrogens with one attached hydrogen (secondary N) is 1. The number of benzene rings is 2. The summed E-state index contributed by atoms with van der Waals surface area (Å²) in [6.45, 7) is 4.07. The summed E-state index contributed by atoms with van der Waals surface area (Å²) in [4.78, 5) is 12.0. The van der Waals surface area contributed by atoms with Crippen molar-refractivity contribution in [3.05, 3.63) is 69.7 Å². The minimum Gasteiger partial charge on any atom is -0.480 e. The smallest absolute Gasteiger partial charge is 0.321 e. The summed E-state index contributed by atoms with van der Waals surface area (Å²) < 4.78 is 0. The molecule has 4 unspecified atom stereocenters. The molecule has 1 aliphatic rings. The lowest BCUT2D eigenvalue weighted by molar-refractivity contribution is -0.139. The Morgan fingerprint density at radius 2 is 1.81 bits per heavy atom. The van der Waals surface area contributed by atoms with Gasteiger partial charge >= 0.3 is 5.97 Å². The van der Waals surface area contributed by atoms with E-state index in [0.717, 1.165) is 11.1 Å². The number of carbonyl (C=O) groups is 1. The van der Waals surface area contributed by atoms with Crippen molar-refractivity contribution in [1.29, 1.82) is 0 Å². The van der Waals surface area contributed by atoms with Crippen LogP contribution < -0.4 is 11.1 Å². The van der Waals surface area contributed by atoms with Crippen molar-refractivity contribution >= 4 is 29.2 Å². The molecule has 0 aliphatic carbocycles. The second-order valence-electron chi connectivity index (χ2n) is 7.18. The first kappa shape index (κ1) is 19.2. The molecule has 2 aromatic carbocycles. The first-order chi connectivity index (χ1) is 12.2. The van der Waals surface area contributed by atoms with Crippen LogP contribution in [0.4, 0.5) is 0 Å². The summed E-state index contributed by atoms with van der Waals surface area (Å²) >= 11 is 12.2. The van der Waals surface area contributed by atoms with E-state index in [-0.39, 0.29) is 12.0 Å². The number of hydrogen-bond acceptors (Lipinski definition) is 3. The molecule has 4 N–H and O–H groups in total. The fourth-order valence-electron chi connectivity index (χ4n) is 4.12. The fraction of sp³-hybridized carbons (Fsp3) is 0.350. The number of aliphatic carboxylic acids is 1. The summed E-state index contributed by atoms with van der Waals surface area (Å²) in [6, 6.07) is 13.5. The molecule has 3 rings (SSSR count). The van der Waals surface area contributed by atoms with Gasteiger partial charge in [0.2, 0.25) is 0 Å². The third-order valence-corrected chi connectivity index (χ3v) is 5.69. The quantitative estimate of drug-likeness (QED) is 0.734. The second kappa shape index (κ2) is 7.20. The number of rotatable bonds is 4. The molecule has 6 heteroatoms. The van der Waals surface area contributed by atoms with E-state index in [4.69, 9.17) is 28.9 Å². The molecule has 0 saturated carbocycles. The Morgan fingerprint density at radius 1 is 1.15 bits per heavy atom. The minimum absolute atomic E-state index is 0.127. The first-order valence-corrected chi connectivity index (χ1v) is 9.30. The van der Waals surface area contributed by atoms with E-state index in [1.54, 1.807) is 24.3 Å². The van der Waals surface area contributed by atoms with Crippen LogP contribution in [-0.4, -0.2) is 23.2 Å². The summed E-state index contributed by atoms with van der Waals surface area (Å²) in [7, 11) is 0. The van der Waals surface area contributed by atoms with E-state index in [1.165, 1.54) is 0 Å². The van der Waals surface area contributed by atoms with E-state index in [2.05, 4.69) is 5.32 Å². The number of nitrogens with two attached hydrogens (primary N) is 1. The maximum Gasteiger partial charge on any atom is 0.321 e. The minimum atomic E-state index is -0.929. The highest BCUT2D eigenvalue weighted by Gasteiger charge is 2.57. The Bertz CT molecular complexity index is 810. The van der Waals surface area contributed by atoms with E-state index in [9.17, 15) is 9.90 Å². The molecular formula is C20H22Cl2N2O2. The maximum absolute atomic E-state index is 12.0. The number of carboxylic acids is 1. The molecule has 0 bridgehead atoms. The van der Waals surface area contributed by atoms with Crippen LogP contribution in [0.5, 0.6) is 0 Å². The van der Waals surface area contributed by atoms with Gasteiger partial charge in [0.1, 0.15) is 6.04 Å². The molecule has 1 aliphatic heterocycles. The molecule has 4 atom stereocenters. The largest absolute Gasteiger partial charge is 0.480 e. The summed E-state index contributed by atoms with van der Waals surface area (Å²) in [5.74, 6) is -1.28. The van der Waals surface area contributed by atoms with Crippen molar-refractivity contribution in [2.45, 2.75) is 37.4 Å². The van der Waals surface area contributed by atoms with E-state index in [0.29, 0.717) is 10.0 Å². The third-order valence-electron chi connectivity index (χ3n) is 5.21. The molecule has 1 fully saturated rings. The lowest BCUT2D eigenvalue weighted by atomic mass is 9.69. The number of hydrogen-bond donors (Lipinski definition) is 3. The van der Waals surface area contributed by atoms with Gasteiger partial charge in [-0.3, -0.25) is 10.1 Å². The molecular weight excluding hydrogens is 371 g/mol. The average molecular weight is 393 g/mol. The Morgan fingerprint density at radius 3 is 2.35 bits per heavy atom. The van der Waals surface area contributed by atoms with Gasteiger partial charge < -0.3 is 10.8 Å². The van der Waals surface area contributed by atoms with Crippen LogP contribution in [0.1, 0.15) is 30.9 Å². The second-order valence-corrected chi connectivity index (χ2v) is 8.05. The lowest BCUT2D eigenvalue weighted by Crippen LogP contribution is -2.52. The van der Waals surface area contributed by atoms with Gasteiger partial charge in [0.25, 0.3) is 0 Å². The molecule has 138 valence electrons. The van der Waals surface area contributed by atoms with E-state index in [1.807, 2.05) is 38.1 Å². The van der Waals surface area contributed by atoms with Gasteiger partial charge in [0.05, 0.1) is 5.54 Å². The van der Waals surface area contributed by atoms with Crippen molar-refractivity contribution in [2.24, 2.45) is 11.7 Å². The molecule has 0 radical (unpaired) electrons.